The Bertz CT molecular complexity index is 1120. The Kier molecular flexibility index (Phi) is 10.7. The molecule has 0 aliphatic rings. The summed E-state index contributed by atoms with van der Waals surface area (Å²) in [6.07, 6.45) is 2.74. The second kappa shape index (κ2) is 14.1. The number of benzene rings is 3. The van der Waals surface area contributed by atoms with E-state index in [1.54, 1.807) is 6.92 Å². The van der Waals surface area contributed by atoms with Gasteiger partial charge >= 0.3 is 12.1 Å². The number of amides is 1. The van der Waals surface area contributed by atoms with Crippen LogP contribution in [0.5, 0.6) is 0 Å². The van der Waals surface area contributed by atoms with E-state index in [4.69, 9.17) is 9.47 Å². The molecule has 0 aromatic heterocycles. The van der Waals surface area contributed by atoms with Gasteiger partial charge in [-0.2, -0.15) is 0 Å². The van der Waals surface area contributed by atoms with Gasteiger partial charge in [0, 0.05) is 19.2 Å². The highest BCUT2D eigenvalue weighted by molar-refractivity contribution is 5.82. The standard InChI is InChI=1S/C32H38N2O4/c1-5-37-29(35)22-21-28(30(27-19-13-8-14-20-27)33-31(36)38-32(2,3)4)34(23-25-15-9-6-10-16-25)24-26-17-11-7-12-18-26/h6-22,28,30H,5,23-24H2,1-4H3,(H,33,36)/b22-21+/t28-,30-/m0/s1. The molecular weight excluding hydrogens is 476 g/mol. The van der Waals surface area contributed by atoms with Crippen molar-refractivity contribution in [2.24, 2.45) is 0 Å². The Hall–Kier alpha value is -3.90. The second-order valence-corrected chi connectivity index (χ2v) is 10.0. The lowest BCUT2D eigenvalue weighted by atomic mass is 9.96. The Morgan fingerprint density at radius 3 is 1.82 bits per heavy atom. The van der Waals surface area contributed by atoms with Crippen LogP contribution < -0.4 is 5.32 Å². The lowest BCUT2D eigenvalue weighted by Crippen LogP contribution is -2.46. The van der Waals surface area contributed by atoms with Crippen molar-refractivity contribution in [3.8, 4) is 0 Å². The molecule has 0 saturated heterocycles. The van der Waals surface area contributed by atoms with Crippen molar-refractivity contribution in [1.29, 1.82) is 0 Å². The van der Waals surface area contributed by atoms with Crippen LogP contribution in [0, 0.1) is 0 Å². The molecule has 0 bridgehead atoms. The highest BCUT2D eigenvalue weighted by atomic mass is 16.6. The predicted molar refractivity (Wildman–Crippen MR) is 150 cm³/mol. The van der Waals surface area contributed by atoms with E-state index in [-0.39, 0.29) is 6.61 Å². The minimum Gasteiger partial charge on any atom is -0.463 e. The van der Waals surface area contributed by atoms with E-state index in [0.717, 1.165) is 16.7 Å². The molecule has 3 aromatic carbocycles. The summed E-state index contributed by atoms with van der Waals surface area (Å²) in [6.45, 7) is 8.74. The van der Waals surface area contributed by atoms with Crippen LogP contribution in [0.4, 0.5) is 4.79 Å². The number of alkyl carbamates (subject to hydrolysis) is 1. The SMILES string of the molecule is CCOC(=O)/C=C/[C@@H]([C@@H](NC(=O)OC(C)(C)C)c1ccccc1)N(Cc1ccccc1)Cc1ccccc1. The molecule has 0 saturated carbocycles. The number of nitrogens with one attached hydrogen (secondary N) is 1. The highest BCUT2D eigenvalue weighted by Crippen LogP contribution is 2.27. The van der Waals surface area contributed by atoms with Crippen LogP contribution in [0.3, 0.4) is 0 Å². The number of ether oxygens (including phenoxy) is 2. The van der Waals surface area contributed by atoms with Gasteiger partial charge in [-0.05, 0) is 44.4 Å². The van der Waals surface area contributed by atoms with Crippen molar-refractivity contribution in [2.75, 3.05) is 6.61 Å². The van der Waals surface area contributed by atoms with Gasteiger partial charge in [-0.15, -0.1) is 0 Å². The van der Waals surface area contributed by atoms with E-state index >= 15 is 0 Å². The number of esters is 1. The molecule has 6 heteroatoms. The number of nitrogens with zero attached hydrogens (tertiary/aromatic N) is 1. The fourth-order valence-electron chi connectivity index (χ4n) is 4.17. The number of hydrogen-bond donors (Lipinski definition) is 1. The predicted octanol–water partition coefficient (Wildman–Crippen LogP) is 6.44. The zero-order valence-electron chi connectivity index (χ0n) is 22.7. The smallest absolute Gasteiger partial charge is 0.408 e. The lowest BCUT2D eigenvalue weighted by Gasteiger charge is -2.36. The number of carbonyl (C=O) groups excluding carboxylic acids is 2. The van der Waals surface area contributed by atoms with Gasteiger partial charge < -0.3 is 14.8 Å². The molecule has 0 aliphatic carbocycles. The van der Waals surface area contributed by atoms with Crippen molar-refractivity contribution in [3.05, 3.63) is 120 Å². The Labute approximate surface area is 226 Å². The van der Waals surface area contributed by atoms with Crippen LogP contribution >= 0.6 is 0 Å². The first-order valence-corrected chi connectivity index (χ1v) is 13.0. The summed E-state index contributed by atoms with van der Waals surface area (Å²) in [7, 11) is 0. The summed E-state index contributed by atoms with van der Waals surface area (Å²) >= 11 is 0. The molecule has 1 amide bonds. The molecule has 0 aliphatic heterocycles. The summed E-state index contributed by atoms with van der Waals surface area (Å²) in [5, 5.41) is 3.09. The minimum absolute atomic E-state index is 0.282. The fourth-order valence-corrected chi connectivity index (χ4v) is 4.17. The molecule has 0 heterocycles. The van der Waals surface area contributed by atoms with E-state index in [1.165, 1.54) is 6.08 Å². The van der Waals surface area contributed by atoms with E-state index < -0.39 is 29.7 Å². The maximum Gasteiger partial charge on any atom is 0.408 e. The van der Waals surface area contributed by atoms with Crippen LogP contribution in [0.15, 0.2) is 103 Å². The van der Waals surface area contributed by atoms with Gasteiger partial charge in [-0.25, -0.2) is 9.59 Å². The first-order chi connectivity index (χ1) is 18.2. The molecule has 0 radical (unpaired) electrons. The Morgan fingerprint density at radius 2 is 1.34 bits per heavy atom. The molecular formula is C32H38N2O4. The van der Waals surface area contributed by atoms with Crippen LogP contribution in [0.2, 0.25) is 0 Å². The molecule has 3 rings (SSSR count). The normalized spacial score (nSPS) is 13.2. The van der Waals surface area contributed by atoms with Crippen LogP contribution in [0.1, 0.15) is 50.4 Å². The van der Waals surface area contributed by atoms with E-state index in [0.29, 0.717) is 13.1 Å². The Balaban J connectivity index is 2.08. The van der Waals surface area contributed by atoms with Crippen molar-refractivity contribution in [3.63, 3.8) is 0 Å². The summed E-state index contributed by atoms with van der Waals surface area (Å²) in [5.74, 6) is -0.430. The van der Waals surface area contributed by atoms with E-state index in [2.05, 4.69) is 34.5 Å². The average Bonchev–Trinajstić information content (AvgIpc) is 2.89. The zero-order valence-corrected chi connectivity index (χ0v) is 22.7. The summed E-state index contributed by atoms with van der Waals surface area (Å²) in [6, 6.07) is 29.1. The van der Waals surface area contributed by atoms with Crippen LogP contribution in [-0.4, -0.2) is 35.2 Å². The van der Waals surface area contributed by atoms with Crippen LogP contribution in [-0.2, 0) is 27.4 Å². The van der Waals surface area contributed by atoms with Crippen molar-refractivity contribution < 1.29 is 19.1 Å². The van der Waals surface area contributed by atoms with Crippen molar-refractivity contribution in [2.45, 2.75) is 58.5 Å². The molecule has 1 N–H and O–H groups in total. The molecule has 0 spiro atoms. The van der Waals surface area contributed by atoms with E-state index in [9.17, 15) is 9.59 Å². The lowest BCUT2D eigenvalue weighted by molar-refractivity contribution is -0.137. The second-order valence-electron chi connectivity index (χ2n) is 10.0. The summed E-state index contributed by atoms with van der Waals surface area (Å²) in [5.41, 5.74) is 2.46. The first-order valence-electron chi connectivity index (χ1n) is 13.0. The monoisotopic (exact) mass is 514 g/mol. The number of rotatable bonds is 11. The molecule has 0 fully saturated rings. The molecule has 38 heavy (non-hydrogen) atoms. The third-order valence-electron chi connectivity index (χ3n) is 5.77. The topological polar surface area (TPSA) is 67.9 Å². The van der Waals surface area contributed by atoms with Gasteiger partial charge in [-0.1, -0.05) is 97.1 Å². The maximum absolute atomic E-state index is 13.1. The van der Waals surface area contributed by atoms with Gasteiger partial charge in [0.2, 0.25) is 0 Å². The third-order valence-corrected chi connectivity index (χ3v) is 5.77. The van der Waals surface area contributed by atoms with Crippen LogP contribution in [0.25, 0.3) is 0 Å². The van der Waals surface area contributed by atoms with Gasteiger partial charge in [0.15, 0.2) is 0 Å². The first kappa shape index (κ1) is 28.7. The van der Waals surface area contributed by atoms with Gasteiger partial charge in [0.25, 0.3) is 0 Å². The summed E-state index contributed by atoms with van der Waals surface area (Å²) in [4.78, 5) is 27.7. The quantitative estimate of drug-likeness (QED) is 0.235. The van der Waals surface area contributed by atoms with Crippen molar-refractivity contribution in [1.82, 2.24) is 10.2 Å². The molecule has 2 atom stereocenters. The third kappa shape index (κ3) is 9.52. The van der Waals surface area contributed by atoms with Gasteiger partial charge in [-0.3, -0.25) is 4.90 Å². The Morgan fingerprint density at radius 1 is 0.842 bits per heavy atom. The van der Waals surface area contributed by atoms with Crippen molar-refractivity contribution >= 4 is 12.1 Å². The number of hydrogen-bond acceptors (Lipinski definition) is 5. The van der Waals surface area contributed by atoms with Gasteiger partial charge in [0.1, 0.15) is 5.60 Å². The van der Waals surface area contributed by atoms with E-state index in [1.807, 2.05) is 93.6 Å². The summed E-state index contributed by atoms with van der Waals surface area (Å²) < 4.78 is 10.8. The van der Waals surface area contributed by atoms with Gasteiger partial charge in [0.05, 0.1) is 18.7 Å². The molecule has 0 unspecified atom stereocenters. The average molecular weight is 515 g/mol. The highest BCUT2D eigenvalue weighted by Gasteiger charge is 2.30. The number of carbonyl (C=O) groups is 2. The molecule has 3 aromatic rings. The maximum atomic E-state index is 13.1. The minimum atomic E-state index is -0.657. The molecule has 200 valence electrons. The molecule has 6 nitrogen and oxygen atoms in total. The fraction of sp³-hybridized carbons (Fsp3) is 0.312. The largest absolute Gasteiger partial charge is 0.463 e. The zero-order chi connectivity index (χ0) is 27.4.